The monoisotopic (exact) mass is 174 g/mol. The number of hydrogen-bond acceptors (Lipinski definition) is 4. The Labute approximate surface area is 72.1 Å². The topological polar surface area (TPSA) is 58.9 Å². The summed E-state index contributed by atoms with van der Waals surface area (Å²) in [5.74, 6) is 0. The molecule has 4 heteroatoms. The van der Waals surface area contributed by atoms with Crippen LogP contribution in [0, 0.1) is 6.92 Å². The predicted octanol–water partition coefficient (Wildman–Crippen LogP) is -0.777. The Balaban J connectivity index is 2.76. The highest BCUT2D eigenvalue weighted by Crippen LogP contribution is 2.32. The second kappa shape index (κ2) is 3.30. The molecule has 1 aliphatic heterocycles. The zero-order valence-corrected chi connectivity index (χ0v) is 7.23. The zero-order chi connectivity index (χ0) is 9.35. The highest BCUT2D eigenvalue weighted by Gasteiger charge is 2.51. The van der Waals surface area contributed by atoms with Crippen molar-refractivity contribution in [3.63, 3.8) is 0 Å². The molecule has 70 valence electrons. The molecule has 0 amide bonds. The van der Waals surface area contributed by atoms with Gasteiger partial charge < -0.3 is 19.7 Å². The summed E-state index contributed by atoms with van der Waals surface area (Å²) in [4.78, 5) is 0. The lowest BCUT2D eigenvalue weighted by molar-refractivity contribution is -0.0820. The van der Waals surface area contributed by atoms with Crippen LogP contribution in [0.3, 0.4) is 0 Å². The van der Waals surface area contributed by atoms with E-state index in [1.165, 1.54) is 7.11 Å². The van der Waals surface area contributed by atoms with E-state index in [0.29, 0.717) is 0 Å². The van der Waals surface area contributed by atoms with Gasteiger partial charge in [0.1, 0.15) is 17.8 Å². The van der Waals surface area contributed by atoms with Crippen LogP contribution in [0.5, 0.6) is 0 Å². The van der Waals surface area contributed by atoms with Crippen LogP contribution in [-0.2, 0) is 9.47 Å². The highest BCUT2D eigenvalue weighted by atomic mass is 16.6. The molecule has 2 N–H and O–H groups in total. The number of methoxy groups -OCH3 is 1. The van der Waals surface area contributed by atoms with Crippen LogP contribution in [0.15, 0.2) is 0 Å². The molecule has 0 saturated carbocycles. The van der Waals surface area contributed by atoms with Crippen LogP contribution in [0.25, 0.3) is 0 Å². The van der Waals surface area contributed by atoms with Gasteiger partial charge in [-0.25, -0.2) is 0 Å². The molecular formula is C8H14O4. The van der Waals surface area contributed by atoms with E-state index in [1.54, 1.807) is 6.92 Å². The molecule has 1 unspecified atom stereocenters. The second-order valence-electron chi connectivity index (χ2n) is 3.11. The minimum Gasteiger partial charge on any atom is -0.394 e. The normalized spacial score (nSPS) is 48.2. The quantitative estimate of drug-likeness (QED) is 0.576. The van der Waals surface area contributed by atoms with Crippen molar-refractivity contribution in [1.29, 1.82) is 0 Å². The Bertz CT molecular complexity index is 161. The van der Waals surface area contributed by atoms with Gasteiger partial charge in [0.15, 0.2) is 0 Å². The van der Waals surface area contributed by atoms with Crippen molar-refractivity contribution in [3.8, 4) is 0 Å². The number of aliphatic hydroxyl groups excluding tert-OH is 2. The Hall–Kier alpha value is -0.160. The summed E-state index contributed by atoms with van der Waals surface area (Å²) < 4.78 is 10.1. The molecule has 1 heterocycles. The highest BCUT2D eigenvalue weighted by molar-refractivity contribution is 5.02. The number of hydrogen-bond donors (Lipinski definition) is 2. The zero-order valence-electron chi connectivity index (χ0n) is 7.23. The Morgan fingerprint density at radius 1 is 1.67 bits per heavy atom. The summed E-state index contributed by atoms with van der Waals surface area (Å²) >= 11 is 0. The average Bonchev–Trinajstić information content (AvgIpc) is 2.30. The fourth-order valence-corrected chi connectivity index (χ4v) is 1.32. The number of ether oxygens (including phenoxy) is 2. The maximum Gasteiger partial charge on any atom is 0.120 e. The van der Waals surface area contributed by atoms with Crippen molar-refractivity contribution in [2.24, 2.45) is 0 Å². The van der Waals surface area contributed by atoms with Crippen LogP contribution >= 0.6 is 0 Å². The average molecular weight is 174 g/mol. The third-order valence-corrected chi connectivity index (χ3v) is 2.45. The van der Waals surface area contributed by atoms with E-state index < -0.39 is 23.9 Å². The predicted molar refractivity (Wildman–Crippen MR) is 41.5 cm³/mol. The van der Waals surface area contributed by atoms with Crippen LogP contribution in [0.2, 0.25) is 0 Å². The molecule has 1 saturated heterocycles. The van der Waals surface area contributed by atoms with Crippen molar-refractivity contribution >= 4 is 0 Å². The molecule has 2 radical (unpaired) electrons. The van der Waals surface area contributed by atoms with Gasteiger partial charge in [-0.2, -0.15) is 0 Å². The van der Waals surface area contributed by atoms with E-state index in [2.05, 4.69) is 0 Å². The Morgan fingerprint density at radius 3 is 2.50 bits per heavy atom. The third kappa shape index (κ3) is 1.25. The molecule has 0 bridgehead atoms. The molecule has 4 atom stereocenters. The van der Waals surface area contributed by atoms with Gasteiger partial charge >= 0.3 is 0 Å². The number of aliphatic hydroxyl groups is 2. The van der Waals surface area contributed by atoms with E-state index in [-0.39, 0.29) is 6.61 Å². The maximum absolute atomic E-state index is 9.59. The minimum absolute atomic E-state index is 0.256. The summed E-state index contributed by atoms with van der Waals surface area (Å²) in [7, 11) is 1.45. The second-order valence-corrected chi connectivity index (χ2v) is 3.11. The van der Waals surface area contributed by atoms with E-state index in [9.17, 15) is 5.11 Å². The van der Waals surface area contributed by atoms with Crippen molar-refractivity contribution in [2.75, 3.05) is 13.7 Å². The van der Waals surface area contributed by atoms with Crippen molar-refractivity contribution < 1.29 is 19.7 Å². The summed E-state index contributed by atoms with van der Waals surface area (Å²) in [6.07, 6.45) is -2.23. The molecule has 1 aliphatic rings. The van der Waals surface area contributed by atoms with E-state index in [0.717, 1.165) is 0 Å². The van der Waals surface area contributed by atoms with Gasteiger partial charge in [0, 0.05) is 7.11 Å². The fraction of sp³-hybridized carbons (Fsp3) is 0.875. The lowest BCUT2D eigenvalue weighted by atomic mass is 9.93. The summed E-state index contributed by atoms with van der Waals surface area (Å²) in [5.41, 5.74) is -0.923. The minimum atomic E-state index is -0.923. The molecule has 0 aromatic heterocycles. The molecule has 12 heavy (non-hydrogen) atoms. The van der Waals surface area contributed by atoms with Gasteiger partial charge in [0.25, 0.3) is 0 Å². The van der Waals surface area contributed by atoms with Gasteiger partial charge in [-0.1, -0.05) is 0 Å². The van der Waals surface area contributed by atoms with Crippen LogP contribution < -0.4 is 0 Å². The first kappa shape index (κ1) is 9.92. The van der Waals surface area contributed by atoms with Gasteiger partial charge in [0.2, 0.25) is 0 Å². The van der Waals surface area contributed by atoms with Crippen molar-refractivity contribution in [1.82, 2.24) is 0 Å². The van der Waals surface area contributed by atoms with Crippen molar-refractivity contribution in [2.45, 2.75) is 30.8 Å². The standard InChI is InChI=1S/C8H14O4/c1-5-8(2,11-3)7(10)6(4-9)12-5/h1,5-7,9-10H,4H2,2-3H3/t5-,6+,7-,8?/m0/s1. The lowest BCUT2D eigenvalue weighted by Gasteiger charge is -2.28. The Kier molecular flexibility index (Phi) is 2.73. The molecule has 1 fully saturated rings. The third-order valence-electron chi connectivity index (χ3n) is 2.45. The van der Waals surface area contributed by atoms with Crippen LogP contribution in [-0.4, -0.2) is 47.8 Å². The summed E-state index contributed by atoms with van der Waals surface area (Å²) in [6.45, 7) is 6.96. The first-order valence-electron chi connectivity index (χ1n) is 3.81. The lowest BCUT2D eigenvalue weighted by Crippen LogP contribution is -2.46. The number of rotatable bonds is 2. The van der Waals surface area contributed by atoms with Gasteiger partial charge in [-0.05, 0) is 13.8 Å². The molecule has 0 aromatic carbocycles. The van der Waals surface area contributed by atoms with E-state index in [1.807, 2.05) is 0 Å². The molecule has 4 nitrogen and oxygen atoms in total. The molecular weight excluding hydrogens is 160 g/mol. The van der Waals surface area contributed by atoms with Crippen molar-refractivity contribution in [3.05, 3.63) is 6.92 Å². The van der Waals surface area contributed by atoms with E-state index in [4.69, 9.17) is 21.5 Å². The molecule has 0 aromatic rings. The maximum atomic E-state index is 9.59. The largest absolute Gasteiger partial charge is 0.394 e. The summed E-state index contributed by atoms with van der Waals surface area (Å²) in [6, 6.07) is 0. The van der Waals surface area contributed by atoms with E-state index >= 15 is 0 Å². The fourth-order valence-electron chi connectivity index (χ4n) is 1.32. The first-order chi connectivity index (χ1) is 5.56. The van der Waals surface area contributed by atoms with Gasteiger partial charge in [0.05, 0.1) is 12.7 Å². The summed E-state index contributed by atoms with van der Waals surface area (Å²) in [5, 5.41) is 18.4. The molecule has 1 rings (SSSR count). The SMILES string of the molecule is [CH][C@@H]1O[C@H](CO)[C@H](O)C1(C)OC. The first-order valence-corrected chi connectivity index (χ1v) is 3.81. The van der Waals surface area contributed by atoms with Gasteiger partial charge in [-0.3, -0.25) is 0 Å². The van der Waals surface area contributed by atoms with Crippen LogP contribution in [0.4, 0.5) is 0 Å². The molecule has 0 aliphatic carbocycles. The van der Waals surface area contributed by atoms with Crippen LogP contribution in [0.1, 0.15) is 6.92 Å². The van der Waals surface area contributed by atoms with Gasteiger partial charge in [-0.15, -0.1) is 0 Å². The molecule has 0 spiro atoms. The smallest absolute Gasteiger partial charge is 0.120 e. The Morgan fingerprint density at radius 2 is 2.25 bits per heavy atom.